The van der Waals surface area contributed by atoms with Gasteiger partial charge in [-0.15, -0.1) is 0 Å². The molecule has 0 fully saturated rings. The highest BCUT2D eigenvalue weighted by Gasteiger charge is 2.11. The summed E-state index contributed by atoms with van der Waals surface area (Å²) in [5, 5.41) is 3.49. The summed E-state index contributed by atoms with van der Waals surface area (Å²) in [6.07, 6.45) is 0.913. The second-order valence-corrected chi connectivity index (χ2v) is 6.67. The van der Waals surface area contributed by atoms with Crippen LogP contribution in [0.1, 0.15) is 39.7 Å². The predicted molar refractivity (Wildman–Crippen MR) is 87.3 cm³/mol. The Bertz CT molecular complexity index is 402. The lowest BCUT2D eigenvalue weighted by Gasteiger charge is -2.22. The Kier molecular flexibility index (Phi) is 7.56. The Labute approximate surface area is 131 Å². The average Bonchev–Trinajstić information content (AvgIpc) is 2.37. The molecule has 114 valence electrons. The lowest BCUT2D eigenvalue weighted by molar-refractivity contribution is 0.130. The van der Waals surface area contributed by atoms with Crippen LogP contribution >= 0.6 is 15.9 Å². The Morgan fingerprint density at radius 2 is 1.95 bits per heavy atom. The van der Waals surface area contributed by atoms with E-state index in [9.17, 15) is 0 Å². The molecule has 0 heterocycles. The molecule has 0 aliphatic heterocycles. The first-order valence-electron chi connectivity index (χ1n) is 7.16. The molecule has 1 aromatic carbocycles. The fourth-order valence-corrected chi connectivity index (χ4v) is 2.08. The number of hydrogen-bond acceptors (Lipinski definition) is 3. The van der Waals surface area contributed by atoms with Crippen LogP contribution in [0.15, 0.2) is 22.7 Å². The largest absolute Gasteiger partial charge is 0.493 e. The highest BCUT2D eigenvalue weighted by molar-refractivity contribution is 9.10. The minimum absolute atomic E-state index is 0.0918. The van der Waals surface area contributed by atoms with E-state index in [1.807, 2.05) is 19.1 Å². The van der Waals surface area contributed by atoms with Crippen LogP contribution < -0.4 is 10.1 Å². The van der Waals surface area contributed by atoms with Crippen LogP contribution in [0.5, 0.6) is 5.75 Å². The minimum Gasteiger partial charge on any atom is -0.493 e. The van der Waals surface area contributed by atoms with Crippen LogP contribution in [0.25, 0.3) is 0 Å². The van der Waals surface area contributed by atoms with E-state index in [1.54, 1.807) is 0 Å². The fourth-order valence-electron chi connectivity index (χ4n) is 1.67. The van der Waals surface area contributed by atoms with E-state index in [0.29, 0.717) is 6.61 Å². The van der Waals surface area contributed by atoms with E-state index in [0.717, 1.165) is 36.4 Å². The van der Waals surface area contributed by atoms with E-state index >= 15 is 0 Å². The quantitative estimate of drug-likeness (QED) is 0.719. The molecule has 0 aliphatic rings. The Hall–Kier alpha value is -0.580. The summed E-state index contributed by atoms with van der Waals surface area (Å²) < 4.78 is 12.3. The minimum atomic E-state index is 0.0918. The molecule has 0 saturated heterocycles. The molecule has 1 rings (SSSR count). The molecule has 0 saturated carbocycles. The second kappa shape index (κ2) is 8.65. The van der Waals surface area contributed by atoms with Gasteiger partial charge < -0.3 is 14.8 Å². The van der Waals surface area contributed by atoms with Crippen molar-refractivity contribution in [2.75, 3.05) is 19.8 Å². The molecule has 20 heavy (non-hydrogen) atoms. The lowest BCUT2D eigenvalue weighted by Crippen LogP contribution is -2.35. The summed E-state index contributed by atoms with van der Waals surface area (Å²) in [5.74, 6) is 0.946. The Balaban J connectivity index is 2.56. The van der Waals surface area contributed by atoms with E-state index in [2.05, 4.69) is 48.1 Å². The van der Waals surface area contributed by atoms with Gasteiger partial charge in [-0.05, 0) is 45.9 Å². The first-order valence-corrected chi connectivity index (χ1v) is 7.95. The third kappa shape index (κ3) is 7.27. The number of rotatable bonds is 8. The topological polar surface area (TPSA) is 30.5 Å². The van der Waals surface area contributed by atoms with Crippen LogP contribution in [-0.2, 0) is 11.3 Å². The van der Waals surface area contributed by atoms with Gasteiger partial charge in [-0.1, -0.05) is 15.9 Å². The summed E-state index contributed by atoms with van der Waals surface area (Å²) >= 11 is 3.52. The van der Waals surface area contributed by atoms with Gasteiger partial charge >= 0.3 is 0 Å². The molecule has 0 unspecified atom stereocenters. The van der Waals surface area contributed by atoms with Crippen molar-refractivity contribution in [1.82, 2.24) is 5.32 Å². The van der Waals surface area contributed by atoms with Gasteiger partial charge in [0.15, 0.2) is 0 Å². The van der Waals surface area contributed by atoms with Crippen molar-refractivity contribution in [3.63, 3.8) is 0 Å². The van der Waals surface area contributed by atoms with Crippen LogP contribution in [0, 0.1) is 0 Å². The van der Waals surface area contributed by atoms with Gasteiger partial charge in [0.05, 0.1) is 6.61 Å². The molecule has 0 radical (unpaired) electrons. The van der Waals surface area contributed by atoms with Gasteiger partial charge in [-0.25, -0.2) is 0 Å². The van der Waals surface area contributed by atoms with Crippen molar-refractivity contribution < 1.29 is 9.47 Å². The highest BCUT2D eigenvalue weighted by atomic mass is 79.9. The monoisotopic (exact) mass is 343 g/mol. The third-order valence-electron chi connectivity index (χ3n) is 2.73. The van der Waals surface area contributed by atoms with Crippen molar-refractivity contribution in [3.05, 3.63) is 28.2 Å². The maximum Gasteiger partial charge on any atom is 0.123 e. The molecule has 0 aliphatic carbocycles. The van der Waals surface area contributed by atoms with Crippen LogP contribution in [0.2, 0.25) is 0 Å². The summed E-state index contributed by atoms with van der Waals surface area (Å²) in [4.78, 5) is 0. The van der Waals surface area contributed by atoms with Crippen LogP contribution in [0.4, 0.5) is 0 Å². The standard InChI is InChI=1S/C16H26BrNO2/c1-5-19-9-6-10-20-15-8-7-14(17)11-13(15)12-18-16(2,3)4/h7-8,11,18H,5-6,9-10,12H2,1-4H3. The molecule has 1 N–H and O–H groups in total. The van der Waals surface area contributed by atoms with Crippen molar-refractivity contribution in [1.29, 1.82) is 0 Å². The number of benzene rings is 1. The third-order valence-corrected chi connectivity index (χ3v) is 3.22. The van der Waals surface area contributed by atoms with Gasteiger partial charge in [0.25, 0.3) is 0 Å². The number of halogens is 1. The van der Waals surface area contributed by atoms with Gasteiger partial charge in [0.1, 0.15) is 5.75 Å². The van der Waals surface area contributed by atoms with E-state index in [1.165, 1.54) is 5.56 Å². The first kappa shape index (κ1) is 17.5. The molecule has 0 atom stereocenters. The molecule has 0 spiro atoms. The average molecular weight is 344 g/mol. The smallest absolute Gasteiger partial charge is 0.123 e. The zero-order chi connectivity index (χ0) is 15.0. The summed E-state index contributed by atoms with van der Waals surface area (Å²) in [6, 6.07) is 6.14. The van der Waals surface area contributed by atoms with Crippen LogP contribution in [-0.4, -0.2) is 25.4 Å². The van der Waals surface area contributed by atoms with Gasteiger partial charge in [0, 0.05) is 41.8 Å². The van der Waals surface area contributed by atoms with E-state index in [4.69, 9.17) is 9.47 Å². The SMILES string of the molecule is CCOCCCOc1ccc(Br)cc1CNC(C)(C)C. The van der Waals surface area contributed by atoms with Crippen molar-refractivity contribution in [2.45, 2.75) is 46.2 Å². The molecule has 0 aromatic heterocycles. The molecule has 0 bridgehead atoms. The molecular weight excluding hydrogens is 318 g/mol. The summed E-state index contributed by atoms with van der Waals surface area (Å²) in [7, 11) is 0. The Morgan fingerprint density at radius 3 is 2.60 bits per heavy atom. The van der Waals surface area contributed by atoms with Gasteiger partial charge in [-0.2, -0.15) is 0 Å². The summed E-state index contributed by atoms with van der Waals surface area (Å²) in [6.45, 7) is 11.5. The summed E-state index contributed by atoms with van der Waals surface area (Å²) in [5.41, 5.74) is 1.26. The molecule has 4 heteroatoms. The lowest BCUT2D eigenvalue weighted by atomic mass is 10.1. The normalized spacial score (nSPS) is 11.7. The second-order valence-electron chi connectivity index (χ2n) is 5.75. The zero-order valence-corrected chi connectivity index (χ0v) is 14.5. The van der Waals surface area contributed by atoms with Crippen LogP contribution in [0.3, 0.4) is 0 Å². The number of nitrogens with one attached hydrogen (secondary N) is 1. The highest BCUT2D eigenvalue weighted by Crippen LogP contribution is 2.24. The molecule has 1 aromatic rings. The molecular formula is C16H26BrNO2. The van der Waals surface area contributed by atoms with Gasteiger partial charge in [-0.3, -0.25) is 0 Å². The maximum absolute atomic E-state index is 5.86. The fraction of sp³-hybridized carbons (Fsp3) is 0.625. The first-order chi connectivity index (χ1) is 9.42. The maximum atomic E-state index is 5.86. The number of hydrogen-bond donors (Lipinski definition) is 1. The predicted octanol–water partition coefficient (Wildman–Crippen LogP) is 4.14. The molecule has 0 amide bonds. The van der Waals surface area contributed by atoms with E-state index in [-0.39, 0.29) is 5.54 Å². The molecule has 3 nitrogen and oxygen atoms in total. The zero-order valence-electron chi connectivity index (χ0n) is 13.0. The number of ether oxygens (including phenoxy) is 2. The van der Waals surface area contributed by atoms with Gasteiger partial charge in [0.2, 0.25) is 0 Å². The Morgan fingerprint density at radius 1 is 1.20 bits per heavy atom. The van der Waals surface area contributed by atoms with Crippen molar-refractivity contribution >= 4 is 15.9 Å². The van der Waals surface area contributed by atoms with E-state index < -0.39 is 0 Å². The van der Waals surface area contributed by atoms with Crippen molar-refractivity contribution in [3.8, 4) is 5.75 Å². The van der Waals surface area contributed by atoms with Crippen molar-refractivity contribution in [2.24, 2.45) is 0 Å².